The molecule has 4 heteroatoms. The fourth-order valence-electron chi connectivity index (χ4n) is 3.02. The lowest BCUT2D eigenvalue weighted by Gasteiger charge is -2.06. The highest BCUT2D eigenvalue weighted by atomic mass is 16.5. The van der Waals surface area contributed by atoms with Crippen molar-refractivity contribution in [1.29, 1.82) is 0 Å². The van der Waals surface area contributed by atoms with Crippen molar-refractivity contribution in [3.63, 3.8) is 0 Å². The second kappa shape index (κ2) is 7.21. The topological polar surface area (TPSA) is 51.5 Å². The van der Waals surface area contributed by atoms with Gasteiger partial charge in [0.1, 0.15) is 5.75 Å². The molecule has 24 heavy (non-hydrogen) atoms. The Kier molecular flexibility index (Phi) is 4.85. The Morgan fingerprint density at radius 1 is 1.17 bits per heavy atom. The van der Waals surface area contributed by atoms with E-state index in [1.165, 1.54) is 11.1 Å². The van der Waals surface area contributed by atoms with Gasteiger partial charge in [-0.3, -0.25) is 4.79 Å². The van der Waals surface area contributed by atoms with Gasteiger partial charge >= 0.3 is 5.97 Å². The average molecular weight is 323 g/mol. The van der Waals surface area contributed by atoms with E-state index in [0.717, 1.165) is 29.6 Å². The molecule has 0 saturated carbocycles. The molecule has 4 nitrogen and oxygen atoms in total. The van der Waals surface area contributed by atoms with Crippen molar-refractivity contribution < 1.29 is 14.6 Å². The molecule has 0 aliphatic carbocycles. The number of fused-ring (bicyclic) bond motifs is 1. The number of aryl methyl sites for hydroxylation is 1. The first-order valence-electron chi connectivity index (χ1n) is 8.09. The first kappa shape index (κ1) is 16.1. The second-order valence-electron chi connectivity index (χ2n) is 5.90. The number of benzene rings is 2. The molecule has 0 unspecified atom stereocenters. The SMILES string of the molecule is COc1ccc2c(c1)c(CCCC(=O)O)cn2Cc1ccccc1. The number of hydrogen-bond acceptors (Lipinski definition) is 2. The first-order valence-corrected chi connectivity index (χ1v) is 8.09. The first-order chi connectivity index (χ1) is 11.7. The molecule has 124 valence electrons. The third-order valence-corrected chi connectivity index (χ3v) is 4.20. The van der Waals surface area contributed by atoms with Gasteiger partial charge in [0.05, 0.1) is 7.11 Å². The summed E-state index contributed by atoms with van der Waals surface area (Å²) < 4.78 is 7.57. The van der Waals surface area contributed by atoms with Crippen LogP contribution in [0.15, 0.2) is 54.7 Å². The van der Waals surface area contributed by atoms with Gasteiger partial charge in [-0.15, -0.1) is 0 Å². The van der Waals surface area contributed by atoms with Gasteiger partial charge in [0, 0.05) is 30.1 Å². The third kappa shape index (κ3) is 3.59. The van der Waals surface area contributed by atoms with E-state index in [-0.39, 0.29) is 6.42 Å². The Balaban J connectivity index is 1.94. The molecule has 0 amide bonds. The Labute approximate surface area is 141 Å². The van der Waals surface area contributed by atoms with E-state index in [9.17, 15) is 4.79 Å². The lowest BCUT2D eigenvalue weighted by atomic mass is 10.1. The fourth-order valence-corrected chi connectivity index (χ4v) is 3.02. The smallest absolute Gasteiger partial charge is 0.303 e. The zero-order valence-corrected chi connectivity index (χ0v) is 13.7. The zero-order chi connectivity index (χ0) is 16.9. The van der Waals surface area contributed by atoms with Crippen LogP contribution in [0.1, 0.15) is 24.0 Å². The molecule has 3 aromatic rings. The van der Waals surface area contributed by atoms with Crippen molar-refractivity contribution in [2.24, 2.45) is 0 Å². The van der Waals surface area contributed by atoms with E-state index < -0.39 is 5.97 Å². The number of hydrogen-bond donors (Lipinski definition) is 1. The Morgan fingerprint density at radius 2 is 1.96 bits per heavy atom. The summed E-state index contributed by atoms with van der Waals surface area (Å²) >= 11 is 0. The highest BCUT2D eigenvalue weighted by molar-refractivity contribution is 5.85. The van der Waals surface area contributed by atoms with Gasteiger partial charge in [-0.1, -0.05) is 30.3 Å². The molecule has 0 aliphatic heterocycles. The van der Waals surface area contributed by atoms with E-state index in [1.807, 2.05) is 30.3 Å². The van der Waals surface area contributed by atoms with Crippen LogP contribution in [-0.2, 0) is 17.8 Å². The molecule has 0 saturated heterocycles. The number of rotatable bonds is 7. The molecule has 0 spiro atoms. The van der Waals surface area contributed by atoms with E-state index in [0.29, 0.717) is 6.42 Å². The van der Waals surface area contributed by atoms with E-state index in [1.54, 1.807) is 7.11 Å². The van der Waals surface area contributed by atoms with Crippen molar-refractivity contribution in [2.45, 2.75) is 25.8 Å². The average Bonchev–Trinajstić information content (AvgIpc) is 2.92. The third-order valence-electron chi connectivity index (χ3n) is 4.20. The summed E-state index contributed by atoms with van der Waals surface area (Å²) in [7, 11) is 1.66. The van der Waals surface area contributed by atoms with Gasteiger partial charge in [0.15, 0.2) is 0 Å². The minimum absolute atomic E-state index is 0.190. The van der Waals surface area contributed by atoms with E-state index in [4.69, 9.17) is 9.84 Å². The molecular formula is C20H21NO3. The van der Waals surface area contributed by atoms with Gasteiger partial charge < -0.3 is 14.4 Å². The number of aliphatic carboxylic acids is 1. The highest BCUT2D eigenvalue weighted by Crippen LogP contribution is 2.28. The van der Waals surface area contributed by atoms with E-state index >= 15 is 0 Å². The molecule has 1 aromatic heterocycles. The van der Waals surface area contributed by atoms with Gasteiger partial charge in [-0.25, -0.2) is 0 Å². The van der Waals surface area contributed by atoms with Crippen LogP contribution in [-0.4, -0.2) is 22.8 Å². The van der Waals surface area contributed by atoms with Crippen LogP contribution in [0.4, 0.5) is 0 Å². The summed E-state index contributed by atoms with van der Waals surface area (Å²) in [5.41, 5.74) is 3.55. The molecule has 0 radical (unpaired) electrons. The highest BCUT2D eigenvalue weighted by Gasteiger charge is 2.11. The summed E-state index contributed by atoms with van der Waals surface area (Å²) in [5.74, 6) is 0.0695. The standard InChI is InChI=1S/C20H21NO3/c1-24-17-10-11-19-18(12-17)16(8-5-9-20(22)23)14-21(19)13-15-6-3-2-4-7-15/h2-4,6-7,10-12,14H,5,8-9,13H2,1H3,(H,22,23). The molecule has 0 aliphatic rings. The summed E-state index contributed by atoms with van der Waals surface area (Å²) in [6, 6.07) is 16.4. The molecule has 1 N–H and O–H groups in total. The number of ether oxygens (including phenoxy) is 1. The van der Waals surface area contributed by atoms with E-state index in [2.05, 4.69) is 29.0 Å². The predicted molar refractivity (Wildman–Crippen MR) is 94.6 cm³/mol. The minimum atomic E-state index is -0.749. The molecule has 3 rings (SSSR count). The van der Waals surface area contributed by atoms with Gasteiger partial charge in [-0.2, -0.15) is 0 Å². The van der Waals surface area contributed by atoms with Gasteiger partial charge in [-0.05, 0) is 42.2 Å². The number of nitrogens with zero attached hydrogens (tertiary/aromatic N) is 1. The van der Waals surface area contributed by atoms with Gasteiger partial charge in [0.25, 0.3) is 0 Å². The molecule has 2 aromatic carbocycles. The fraction of sp³-hybridized carbons (Fsp3) is 0.250. The zero-order valence-electron chi connectivity index (χ0n) is 13.7. The number of carboxylic acids is 1. The molecule has 0 fully saturated rings. The van der Waals surface area contributed by atoms with Crippen molar-refractivity contribution >= 4 is 16.9 Å². The maximum absolute atomic E-state index is 10.8. The Bertz CT molecular complexity index is 837. The molecule has 0 bridgehead atoms. The molecule has 1 heterocycles. The maximum Gasteiger partial charge on any atom is 0.303 e. The Morgan fingerprint density at radius 3 is 2.67 bits per heavy atom. The summed E-state index contributed by atoms with van der Waals surface area (Å²) in [4.78, 5) is 10.8. The predicted octanol–water partition coefficient (Wildman–Crippen LogP) is 4.11. The molecule has 0 atom stereocenters. The quantitative estimate of drug-likeness (QED) is 0.712. The Hall–Kier alpha value is -2.75. The van der Waals surface area contributed by atoms with Crippen molar-refractivity contribution in [3.8, 4) is 5.75 Å². The summed E-state index contributed by atoms with van der Waals surface area (Å²) in [6.45, 7) is 0.794. The number of aromatic nitrogens is 1. The van der Waals surface area contributed by atoms with Crippen LogP contribution in [0.5, 0.6) is 5.75 Å². The van der Waals surface area contributed by atoms with Crippen LogP contribution < -0.4 is 4.74 Å². The van der Waals surface area contributed by atoms with Crippen LogP contribution >= 0.6 is 0 Å². The lowest BCUT2D eigenvalue weighted by molar-refractivity contribution is -0.137. The van der Waals surface area contributed by atoms with Gasteiger partial charge in [0.2, 0.25) is 0 Å². The number of methoxy groups -OCH3 is 1. The molecular weight excluding hydrogens is 302 g/mol. The largest absolute Gasteiger partial charge is 0.497 e. The van der Waals surface area contributed by atoms with Crippen molar-refractivity contribution in [3.05, 3.63) is 65.9 Å². The van der Waals surface area contributed by atoms with Crippen LogP contribution in [0.3, 0.4) is 0 Å². The van der Waals surface area contributed by atoms with Crippen LogP contribution in [0.25, 0.3) is 10.9 Å². The number of carbonyl (C=O) groups is 1. The second-order valence-corrected chi connectivity index (χ2v) is 5.90. The summed E-state index contributed by atoms with van der Waals surface area (Å²) in [5, 5.41) is 10.00. The normalized spacial score (nSPS) is 10.9. The van der Waals surface area contributed by atoms with Crippen molar-refractivity contribution in [1.82, 2.24) is 4.57 Å². The van der Waals surface area contributed by atoms with Crippen LogP contribution in [0, 0.1) is 0 Å². The monoisotopic (exact) mass is 323 g/mol. The van der Waals surface area contributed by atoms with Crippen molar-refractivity contribution in [2.75, 3.05) is 7.11 Å². The minimum Gasteiger partial charge on any atom is -0.497 e. The van der Waals surface area contributed by atoms with Crippen LogP contribution in [0.2, 0.25) is 0 Å². The summed E-state index contributed by atoms with van der Waals surface area (Å²) in [6.07, 6.45) is 3.71. The maximum atomic E-state index is 10.8. The lowest BCUT2D eigenvalue weighted by Crippen LogP contribution is -1.98. The number of carboxylic acid groups (broad SMARTS) is 1.